The number of hydrogen-bond donors (Lipinski definition) is 0. The summed E-state index contributed by atoms with van der Waals surface area (Å²) in [6, 6.07) is -0.107. The van der Waals surface area contributed by atoms with E-state index in [-0.39, 0.29) is 36.2 Å². The van der Waals surface area contributed by atoms with Crippen LogP contribution in [0.3, 0.4) is 0 Å². The van der Waals surface area contributed by atoms with E-state index in [1.807, 2.05) is 27.7 Å². The smallest absolute Gasteiger partial charge is 0.490 e. The fourth-order valence-corrected chi connectivity index (χ4v) is 1.69. The summed E-state index contributed by atoms with van der Waals surface area (Å²) in [6.07, 6.45) is -0.464. The van der Waals surface area contributed by atoms with E-state index in [2.05, 4.69) is 4.98 Å². The Kier molecular flexibility index (Phi) is 3.30. The van der Waals surface area contributed by atoms with E-state index >= 15 is 0 Å². The number of aromatic nitrogens is 1. The van der Waals surface area contributed by atoms with Crippen LogP contribution in [0.1, 0.15) is 31.8 Å². The van der Waals surface area contributed by atoms with Crippen LogP contribution in [0.4, 0.5) is 0 Å². The fourth-order valence-electron chi connectivity index (χ4n) is 1.69. The molecule has 20 heavy (non-hydrogen) atoms. The third kappa shape index (κ3) is 3.14. The van der Waals surface area contributed by atoms with Gasteiger partial charge in [-0.3, -0.25) is 4.98 Å². The van der Waals surface area contributed by atoms with E-state index in [1.165, 1.54) is 7.11 Å². The molecule has 1 aromatic heterocycles. The van der Waals surface area contributed by atoms with Gasteiger partial charge in [0.15, 0.2) is 0 Å². The number of hydrogen-bond acceptors (Lipinski definition) is 5. The largest absolute Gasteiger partial charge is 0.496 e. The maximum Gasteiger partial charge on any atom is 0.496 e. The van der Waals surface area contributed by atoms with E-state index in [9.17, 15) is 0 Å². The summed E-state index contributed by atoms with van der Waals surface area (Å²) in [5.74, 6) is 0.00256. The van der Waals surface area contributed by atoms with Gasteiger partial charge < -0.3 is 18.8 Å². The van der Waals surface area contributed by atoms with Crippen molar-refractivity contribution in [3.63, 3.8) is 0 Å². The second kappa shape index (κ2) is 5.72. The van der Waals surface area contributed by atoms with Crippen molar-refractivity contribution in [1.82, 2.24) is 4.98 Å². The molecule has 0 amide bonds. The predicted octanol–water partition coefficient (Wildman–Crippen LogP) is 1.41. The SMILES string of the molecule is [2H]c1nc([2H])c(B2OC(C)(C)C(C)(C)O2)c([2H])c1OCCOC. The van der Waals surface area contributed by atoms with Crippen LogP contribution in [0.5, 0.6) is 5.75 Å². The number of nitrogens with zero attached hydrogens (tertiary/aromatic N) is 1. The minimum absolute atomic E-state index is 0.00256. The first kappa shape index (κ1) is 11.5. The summed E-state index contributed by atoms with van der Waals surface area (Å²) >= 11 is 0. The molecule has 5 nitrogen and oxygen atoms in total. The molecule has 0 unspecified atom stereocenters. The Morgan fingerprint density at radius 3 is 2.45 bits per heavy atom. The Morgan fingerprint density at radius 1 is 1.20 bits per heavy atom. The molecule has 1 aromatic rings. The van der Waals surface area contributed by atoms with Crippen molar-refractivity contribution in [3.8, 4) is 5.75 Å². The molecule has 1 fully saturated rings. The minimum atomic E-state index is -0.891. The third-order valence-electron chi connectivity index (χ3n) is 3.60. The van der Waals surface area contributed by atoms with Crippen LogP contribution < -0.4 is 10.2 Å². The number of ether oxygens (including phenoxy) is 2. The van der Waals surface area contributed by atoms with Crippen LogP contribution in [0.15, 0.2) is 18.4 Å². The molecule has 0 bridgehead atoms. The zero-order valence-electron chi connectivity index (χ0n) is 15.6. The van der Waals surface area contributed by atoms with Crippen molar-refractivity contribution in [2.45, 2.75) is 38.9 Å². The molecule has 0 aromatic carbocycles. The molecule has 0 spiro atoms. The summed E-state index contributed by atoms with van der Waals surface area (Å²) in [6.45, 7) is 8.08. The van der Waals surface area contributed by atoms with Gasteiger partial charge in [0.2, 0.25) is 0 Å². The Balaban J connectivity index is 2.38. The number of rotatable bonds is 5. The van der Waals surface area contributed by atoms with E-state index < -0.39 is 18.3 Å². The van der Waals surface area contributed by atoms with Crippen molar-refractivity contribution in [2.24, 2.45) is 0 Å². The maximum absolute atomic E-state index is 8.28. The Morgan fingerprint density at radius 2 is 1.85 bits per heavy atom. The highest BCUT2D eigenvalue weighted by molar-refractivity contribution is 6.62. The molecule has 1 saturated heterocycles. The molecule has 0 aliphatic carbocycles. The minimum Gasteiger partial charge on any atom is -0.490 e. The second-order valence-corrected chi connectivity index (χ2v) is 5.63. The van der Waals surface area contributed by atoms with Crippen LogP contribution in [-0.2, 0) is 14.0 Å². The molecule has 0 N–H and O–H groups in total. The highest BCUT2D eigenvalue weighted by atomic mass is 16.7. The molecule has 1 aliphatic heterocycles. The van der Waals surface area contributed by atoms with E-state index in [4.69, 9.17) is 22.9 Å². The monoisotopic (exact) mass is 282 g/mol. The lowest BCUT2D eigenvalue weighted by Crippen LogP contribution is -2.41. The van der Waals surface area contributed by atoms with Crippen molar-refractivity contribution < 1.29 is 22.9 Å². The van der Waals surface area contributed by atoms with Gasteiger partial charge in [-0.25, -0.2) is 0 Å². The topological polar surface area (TPSA) is 49.8 Å². The number of pyridine rings is 1. The molecular weight excluding hydrogens is 257 g/mol. The van der Waals surface area contributed by atoms with Gasteiger partial charge in [0.05, 0.1) is 28.1 Å². The molecule has 0 radical (unpaired) electrons. The van der Waals surface area contributed by atoms with Crippen LogP contribution in [0, 0.1) is 0 Å². The Hall–Kier alpha value is -1.11. The Labute approximate surface area is 124 Å². The summed E-state index contributed by atoms with van der Waals surface area (Å²) in [5, 5.41) is 0. The highest BCUT2D eigenvalue weighted by Gasteiger charge is 2.51. The first-order valence-corrected chi connectivity index (χ1v) is 6.56. The van der Waals surface area contributed by atoms with Crippen molar-refractivity contribution in [3.05, 3.63) is 18.4 Å². The van der Waals surface area contributed by atoms with Gasteiger partial charge in [-0.15, -0.1) is 0 Å². The lowest BCUT2D eigenvalue weighted by molar-refractivity contribution is 0.00578. The van der Waals surface area contributed by atoms with Gasteiger partial charge in [0.1, 0.15) is 12.4 Å². The van der Waals surface area contributed by atoms with Crippen LogP contribution >= 0.6 is 0 Å². The lowest BCUT2D eigenvalue weighted by atomic mass is 9.80. The van der Waals surface area contributed by atoms with E-state index in [1.54, 1.807) is 0 Å². The van der Waals surface area contributed by atoms with Crippen molar-refractivity contribution in [2.75, 3.05) is 20.3 Å². The van der Waals surface area contributed by atoms with E-state index in [0.29, 0.717) is 6.61 Å². The average Bonchev–Trinajstić information content (AvgIpc) is 2.61. The summed E-state index contributed by atoms with van der Waals surface area (Å²) in [7, 11) is 0.644. The van der Waals surface area contributed by atoms with Gasteiger partial charge in [-0.05, 0) is 33.7 Å². The standard InChI is InChI=1S/C14H22BNO4/c1-13(2)14(3,4)20-15(19-13)11-8-12(10-16-9-11)18-7-6-17-5/h8-10H,6-7H2,1-5H3/i8D,9D,10D. The highest BCUT2D eigenvalue weighted by Crippen LogP contribution is 2.36. The van der Waals surface area contributed by atoms with Gasteiger partial charge >= 0.3 is 7.12 Å². The van der Waals surface area contributed by atoms with Gasteiger partial charge in [0.25, 0.3) is 0 Å². The lowest BCUT2D eigenvalue weighted by Gasteiger charge is -2.32. The molecule has 0 saturated carbocycles. The van der Waals surface area contributed by atoms with Crippen LogP contribution in [-0.4, -0.2) is 43.6 Å². The molecule has 0 atom stereocenters. The molecule has 2 heterocycles. The summed E-state index contributed by atoms with van der Waals surface area (Å²) in [4.78, 5) is 3.84. The normalized spacial score (nSPS) is 22.2. The van der Waals surface area contributed by atoms with Crippen molar-refractivity contribution >= 4 is 12.6 Å². The molecule has 2 rings (SSSR count). The number of methoxy groups -OCH3 is 1. The van der Waals surface area contributed by atoms with Crippen molar-refractivity contribution in [1.29, 1.82) is 0 Å². The molecular formula is C14H22BNO4. The fraction of sp³-hybridized carbons (Fsp3) is 0.643. The summed E-state index contributed by atoms with van der Waals surface area (Å²) in [5.41, 5.74) is -1.01. The maximum atomic E-state index is 8.28. The summed E-state index contributed by atoms with van der Waals surface area (Å²) < 4.78 is 46.2. The molecule has 110 valence electrons. The second-order valence-electron chi connectivity index (χ2n) is 5.63. The van der Waals surface area contributed by atoms with Gasteiger partial charge in [-0.2, -0.15) is 0 Å². The van der Waals surface area contributed by atoms with Crippen LogP contribution in [0.25, 0.3) is 0 Å². The van der Waals surface area contributed by atoms with Crippen LogP contribution in [0.2, 0.25) is 0 Å². The third-order valence-corrected chi connectivity index (χ3v) is 3.60. The predicted molar refractivity (Wildman–Crippen MR) is 77.3 cm³/mol. The molecule has 1 aliphatic rings. The first-order valence-electron chi connectivity index (χ1n) is 8.06. The molecule has 6 heteroatoms. The first-order chi connectivity index (χ1) is 10.6. The average molecular weight is 282 g/mol. The quantitative estimate of drug-likeness (QED) is 0.603. The van der Waals surface area contributed by atoms with E-state index in [0.717, 1.165) is 0 Å². The Bertz CT molecular complexity index is 582. The van der Waals surface area contributed by atoms with Gasteiger partial charge in [0, 0.05) is 18.7 Å². The zero-order valence-corrected chi connectivity index (χ0v) is 12.6. The zero-order chi connectivity index (χ0) is 17.4. The van der Waals surface area contributed by atoms with Gasteiger partial charge in [-0.1, -0.05) is 0 Å².